The van der Waals surface area contributed by atoms with E-state index in [1.165, 1.54) is 0 Å². The molecule has 14 heavy (non-hydrogen) atoms. The van der Waals surface area contributed by atoms with Crippen LogP contribution < -0.4 is 0 Å². The normalized spacial score (nSPS) is 24.0. The Kier molecular flexibility index (Phi) is 1.80. The molecule has 0 saturated carbocycles. The van der Waals surface area contributed by atoms with Crippen LogP contribution in [0.1, 0.15) is 18.7 Å². The number of alkyl halides is 4. The molecule has 0 N–H and O–H groups in total. The van der Waals surface area contributed by atoms with Gasteiger partial charge in [0.15, 0.2) is 0 Å². The number of rotatable bonds is 0. The highest BCUT2D eigenvalue weighted by molar-refractivity contribution is 4.97. The number of aromatic nitrogens is 3. The molecule has 1 aromatic rings. The van der Waals surface area contributed by atoms with Gasteiger partial charge in [-0.1, -0.05) is 0 Å². The summed E-state index contributed by atoms with van der Waals surface area (Å²) in [5, 5.41) is 6.58. The van der Waals surface area contributed by atoms with Crippen molar-refractivity contribution in [2.75, 3.05) is 0 Å². The second-order valence-electron chi connectivity index (χ2n) is 3.22. The molecule has 1 aromatic heterocycles. The number of hydrogen-bond acceptors (Lipinski definition) is 2. The maximum atomic E-state index is 13.2. The third-order valence-corrected chi connectivity index (χ3v) is 2.25. The molecule has 0 saturated heterocycles. The van der Waals surface area contributed by atoms with Crippen LogP contribution in [0.2, 0.25) is 0 Å². The predicted molar refractivity (Wildman–Crippen MR) is 38.1 cm³/mol. The Labute approximate surface area is 76.7 Å². The molecule has 0 atom stereocenters. The van der Waals surface area contributed by atoms with Gasteiger partial charge in [0.2, 0.25) is 0 Å². The number of hydrogen-bond donors (Lipinski definition) is 0. The van der Waals surface area contributed by atoms with E-state index in [1.54, 1.807) is 0 Å². The fraction of sp³-hybridized carbons (Fsp3) is 0.714. The lowest BCUT2D eigenvalue weighted by Crippen LogP contribution is -2.42. The lowest BCUT2D eigenvalue weighted by atomic mass is 10.1. The van der Waals surface area contributed by atoms with Gasteiger partial charge in [0.05, 0.1) is 0 Å². The molecule has 2 heterocycles. The van der Waals surface area contributed by atoms with Gasteiger partial charge in [-0.3, -0.25) is 4.57 Å². The highest BCUT2D eigenvalue weighted by Gasteiger charge is 2.59. The highest BCUT2D eigenvalue weighted by atomic mass is 19.3. The van der Waals surface area contributed by atoms with Crippen LogP contribution in [0, 0.1) is 0 Å². The van der Waals surface area contributed by atoms with Crippen molar-refractivity contribution in [2.24, 2.45) is 0 Å². The molecule has 7 heteroatoms. The van der Waals surface area contributed by atoms with E-state index in [9.17, 15) is 17.6 Å². The van der Waals surface area contributed by atoms with Crippen LogP contribution in [0.4, 0.5) is 17.6 Å². The summed E-state index contributed by atoms with van der Waals surface area (Å²) < 4.78 is 52.5. The Hall–Kier alpha value is -1.14. The summed E-state index contributed by atoms with van der Waals surface area (Å²) in [5.74, 6) is -4.12. The van der Waals surface area contributed by atoms with Crippen LogP contribution in [0.25, 0.3) is 0 Å². The van der Waals surface area contributed by atoms with Crippen LogP contribution in [0.3, 0.4) is 0 Å². The van der Waals surface area contributed by atoms with E-state index in [0.29, 0.717) is 6.33 Å². The third kappa shape index (κ3) is 1.11. The Bertz CT molecular complexity index is 346. The van der Waals surface area contributed by atoms with E-state index in [0.717, 1.165) is 0 Å². The van der Waals surface area contributed by atoms with E-state index < -0.39 is 18.4 Å². The van der Waals surface area contributed by atoms with Gasteiger partial charge in [0.1, 0.15) is 12.2 Å². The van der Waals surface area contributed by atoms with Crippen molar-refractivity contribution in [3.63, 3.8) is 0 Å². The summed E-state index contributed by atoms with van der Waals surface area (Å²) >= 11 is 0. The smallest absolute Gasteiger partial charge is 0.251 e. The van der Waals surface area contributed by atoms with Gasteiger partial charge in [-0.15, -0.1) is 10.2 Å². The molecule has 0 radical (unpaired) electrons. The van der Waals surface area contributed by atoms with E-state index in [1.807, 2.05) is 0 Å². The molecule has 3 nitrogen and oxygen atoms in total. The summed E-state index contributed by atoms with van der Waals surface area (Å²) in [6.45, 7) is 0. The van der Waals surface area contributed by atoms with Gasteiger partial charge in [-0.2, -0.15) is 17.6 Å². The molecule has 0 unspecified atom stereocenters. The zero-order valence-corrected chi connectivity index (χ0v) is 7.05. The fourth-order valence-corrected chi connectivity index (χ4v) is 1.46. The minimum atomic E-state index is -4.22. The largest absolute Gasteiger partial charge is 0.394 e. The van der Waals surface area contributed by atoms with Gasteiger partial charge in [-0.25, -0.2) is 0 Å². The van der Waals surface area contributed by atoms with Crippen molar-refractivity contribution in [3.8, 4) is 0 Å². The molecule has 0 spiro atoms. The average Bonchev–Trinajstić information content (AvgIpc) is 2.48. The molecule has 0 fully saturated rings. The van der Waals surface area contributed by atoms with Crippen LogP contribution in [-0.4, -0.2) is 20.7 Å². The minimum Gasteiger partial charge on any atom is -0.251 e. The zero-order chi connectivity index (χ0) is 10.4. The molecule has 0 aromatic carbocycles. The molecule has 0 bridgehead atoms. The van der Waals surface area contributed by atoms with Gasteiger partial charge < -0.3 is 0 Å². The topological polar surface area (TPSA) is 30.7 Å². The number of fused-ring (bicyclic) bond motifs is 1. The van der Waals surface area contributed by atoms with Crippen LogP contribution >= 0.6 is 0 Å². The summed E-state index contributed by atoms with van der Waals surface area (Å²) in [4.78, 5) is 0. The predicted octanol–water partition coefficient (Wildman–Crippen LogP) is 1.80. The van der Waals surface area contributed by atoms with E-state index in [2.05, 4.69) is 10.2 Å². The SMILES string of the molecule is FC1(F)CCCc2nncn2C1(F)F. The second-order valence-corrected chi connectivity index (χ2v) is 3.22. The van der Waals surface area contributed by atoms with E-state index in [-0.39, 0.29) is 23.2 Å². The van der Waals surface area contributed by atoms with Crippen LogP contribution in [-0.2, 0) is 12.5 Å². The molecule has 1 aliphatic rings. The van der Waals surface area contributed by atoms with Gasteiger partial charge >= 0.3 is 12.0 Å². The Morgan fingerprint density at radius 1 is 1.29 bits per heavy atom. The Morgan fingerprint density at radius 3 is 2.71 bits per heavy atom. The average molecular weight is 209 g/mol. The van der Waals surface area contributed by atoms with Crippen molar-refractivity contribution in [2.45, 2.75) is 31.2 Å². The monoisotopic (exact) mass is 209 g/mol. The first-order valence-corrected chi connectivity index (χ1v) is 4.10. The Balaban J connectivity index is 2.53. The van der Waals surface area contributed by atoms with Crippen molar-refractivity contribution in [1.29, 1.82) is 0 Å². The highest BCUT2D eigenvalue weighted by Crippen LogP contribution is 2.44. The second kappa shape index (κ2) is 2.68. The maximum absolute atomic E-state index is 13.2. The van der Waals surface area contributed by atoms with Crippen LogP contribution in [0.15, 0.2) is 6.33 Å². The Morgan fingerprint density at radius 2 is 2.00 bits per heavy atom. The minimum absolute atomic E-state index is 0.0126. The van der Waals surface area contributed by atoms with E-state index >= 15 is 0 Å². The van der Waals surface area contributed by atoms with Gasteiger partial charge in [0, 0.05) is 12.8 Å². The first-order chi connectivity index (χ1) is 6.45. The molecule has 0 aliphatic carbocycles. The van der Waals surface area contributed by atoms with Crippen molar-refractivity contribution in [1.82, 2.24) is 14.8 Å². The van der Waals surface area contributed by atoms with E-state index in [4.69, 9.17) is 0 Å². The molecular weight excluding hydrogens is 202 g/mol. The zero-order valence-electron chi connectivity index (χ0n) is 7.05. The number of aryl methyl sites for hydroxylation is 1. The molecule has 0 amide bonds. The first kappa shape index (κ1) is 9.42. The van der Waals surface area contributed by atoms with Crippen molar-refractivity contribution < 1.29 is 17.6 Å². The molecule has 78 valence electrons. The van der Waals surface area contributed by atoms with Crippen molar-refractivity contribution >= 4 is 0 Å². The standard InChI is InChI=1S/C7H7F4N3/c8-6(9)3-1-2-5-13-12-4-14(5)7(6,10)11/h4H,1-3H2. The summed E-state index contributed by atoms with van der Waals surface area (Å²) in [6, 6.07) is -4.22. The lowest BCUT2D eigenvalue weighted by molar-refractivity contribution is -0.260. The number of nitrogens with zero attached hydrogens (tertiary/aromatic N) is 3. The first-order valence-electron chi connectivity index (χ1n) is 4.10. The maximum Gasteiger partial charge on any atom is 0.394 e. The summed E-state index contributed by atoms with van der Waals surface area (Å²) in [6.07, 6.45) is -0.0929. The van der Waals surface area contributed by atoms with Crippen molar-refractivity contribution in [3.05, 3.63) is 12.2 Å². The molecule has 2 rings (SSSR count). The fourth-order valence-electron chi connectivity index (χ4n) is 1.46. The third-order valence-electron chi connectivity index (χ3n) is 2.25. The molecular formula is C7H7F4N3. The lowest BCUT2D eigenvalue weighted by Gasteiger charge is -2.25. The van der Waals surface area contributed by atoms with Crippen LogP contribution in [0.5, 0.6) is 0 Å². The quantitative estimate of drug-likeness (QED) is 0.610. The molecule has 1 aliphatic heterocycles. The van der Waals surface area contributed by atoms with Gasteiger partial charge in [0.25, 0.3) is 0 Å². The summed E-state index contributed by atoms with van der Waals surface area (Å²) in [5.41, 5.74) is 0. The number of halogens is 4. The van der Waals surface area contributed by atoms with Gasteiger partial charge in [-0.05, 0) is 6.42 Å². The summed E-state index contributed by atoms with van der Waals surface area (Å²) in [7, 11) is 0.